The zero-order valence-electron chi connectivity index (χ0n) is 22.3. The van der Waals surface area contributed by atoms with E-state index in [9.17, 15) is 0 Å². The predicted molar refractivity (Wildman–Crippen MR) is 143 cm³/mol. The van der Waals surface area contributed by atoms with Gasteiger partial charge in [0.25, 0.3) is 5.89 Å². The highest BCUT2D eigenvalue weighted by Crippen LogP contribution is 2.25. The number of nitrogen functional groups attached to an aromatic ring is 1. The van der Waals surface area contributed by atoms with Crippen LogP contribution in [0.3, 0.4) is 0 Å². The fraction of sp³-hybridized carbons (Fsp3) is 0.423. The normalized spacial score (nSPS) is 11.0. The number of nitrogens with zero attached hydrogens (tertiary/aromatic N) is 8. The summed E-state index contributed by atoms with van der Waals surface area (Å²) in [7, 11) is 1.99. The van der Waals surface area contributed by atoms with Crippen LogP contribution in [0.1, 0.15) is 71.7 Å². The molecule has 4 rings (SSSR count). The lowest BCUT2D eigenvalue weighted by molar-refractivity contribution is 0.419. The molecule has 1 atom stereocenters. The molecular weight excluding hydrogens is 454 g/mol. The van der Waals surface area contributed by atoms with E-state index in [1.165, 1.54) is 6.42 Å². The van der Waals surface area contributed by atoms with Gasteiger partial charge in [0.05, 0.1) is 18.1 Å². The van der Waals surface area contributed by atoms with Gasteiger partial charge >= 0.3 is 0 Å². The summed E-state index contributed by atoms with van der Waals surface area (Å²) in [5.41, 5.74) is 8.58. The average Bonchev–Trinajstić information content (AvgIpc) is 3.41. The van der Waals surface area contributed by atoms with Crippen molar-refractivity contribution in [3.63, 3.8) is 0 Å². The first-order chi connectivity index (χ1) is 17.5. The van der Waals surface area contributed by atoms with Crippen molar-refractivity contribution in [1.29, 1.82) is 0 Å². The fourth-order valence-electron chi connectivity index (χ4n) is 3.05. The van der Waals surface area contributed by atoms with Gasteiger partial charge in [0.1, 0.15) is 11.5 Å². The molecule has 0 amide bonds. The third-order valence-electron chi connectivity index (χ3n) is 4.89. The summed E-state index contributed by atoms with van der Waals surface area (Å²) in [6.45, 7) is 13.3. The fourth-order valence-corrected chi connectivity index (χ4v) is 3.05. The molecule has 4 aromatic rings. The van der Waals surface area contributed by atoms with Gasteiger partial charge in [-0.3, -0.25) is 4.98 Å². The molecule has 4 aromatic heterocycles. The maximum Gasteiger partial charge on any atom is 0.278 e. The maximum absolute atomic E-state index is 5.53. The number of hydrogen-bond acceptors (Lipinski definition) is 10. The van der Waals surface area contributed by atoms with Crippen LogP contribution in [0.4, 0.5) is 11.8 Å². The minimum absolute atomic E-state index is 0.107. The molecule has 0 radical (unpaired) electrons. The van der Waals surface area contributed by atoms with Crippen LogP contribution in [-0.2, 0) is 0 Å². The van der Waals surface area contributed by atoms with Crippen LogP contribution in [0.2, 0.25) is 0 Å². The molecule has 0 aromatic carbocycles. The Balaban J connectivity index is 0.000000850. The molecule has 0 aliphatic heterocycles. The van der Waals surface area contributed by atoms with Crippen LogP contribution in [0, 0.1) is 0 Å². The highest BCUT2D eigenvalue weighted by Gasteiger charge is 2.18. The van der Waals surface area contributed by atoms with Crippen molar-refractivity contribution in [3.8, 4) is 22.8 Å². The Labute approximate surface area is 213 Å². The zero-order chi connectivity index (χ0) is 26.5. The number of hydrogen-bond donors (Lipinski definition) is 1. The van der Waals surface area contributed by atoms with E-state index in [-0.39, 0.29) is 11.9 Å². The van der Waals surface area contributed by atoms with Gasteiger partial charge in [-0.15, -0.1) is 0 Å². The minimum Gasteiger partial charge on any atom is -0.368 e. The van der Waals surface area contributed by atoms with E-state index in [0.717, 1.165) is 35.6 Å². The van der Waals surface area contributed by atoms with Crippen molar-refractivity contribution in [3.05, 3.63) is 54.5 Å². The molecule has 0 bridgehead atoms. The van der Waals surface area contributed by atoms with Crippen LogP contribution in [-0.4, -0.2) is 48.7 Å². The Hall–Kier alpha value is -3.95. The lowest BCUT2D eigenvalue weighted by Gasteiger charge is -2.16. The van der Waals surface area contributed by atoms with Crippen LogP contribution < -0.4 is 10.6 Å². The molecule has 0 saturated carbocycles. The summed E-state index contributed by atoms with van der Waals surface area (Å²) in [4.78, 5) is 27.9. The van der Waals surface area contributed by atoms with E-state index in [2.05, 4.69) is 55.8 Å². The van der Waals surface area contributed by atoms with Crippen LogP contribution in [0.5, 0.6) is 0 Å². The smallest absolute Gasteiger partial charge is 0.278 e. The average molecular weight is 492 g/mol. The molecule has 0 fully saturated rings. The monoisotopic (exact) mass is 491 g/mol. The molecular formula is C26H37N9O. The molecule has 1 unspecified atom stereocenters. The van der Waals surface area contributed by atoms with Gasteiger partial charge in [-0.2, -0.15) is 4.98 Å². The molecule has 0 spiro atoms. The van der Waals surface area contributed by atoms with Gasteiger partial charge in [0.2, 0.25) is 5.95 Å². The van der Waals surface area contributed by atoms with Crippen molar-refractivity contribution in [2.24, 2.45) is 0 Å². The first-order valence-electron chi connectivity index (χ1n) is 12.4. The van der Waals surface area contributed by atoms with E-state index in [1.54, 1.807) is 31.0 Å². The van der Waals surface area contributed by atoms with Crippen LogP contribution >= 0.6 is 0 Å². The van der Waals surface area contributed by atoms with Gasteiger partial charge in [-0.25, -0.2) is 19.9 Å². The van der Waals surface area contributed by atoms with Crippen molar-refractivity contribution < 1.29 is 4.52 Å². The Bertz CT molecular complexity index is 1140. The van der Waals surface area contributed by atoms with E-state index < -0.39 is 0 Å². The molecule has 10 heteroatoms. The van der Waals surface area contributed by atoms with Gasteiger partial charge in [-0.05, 0) is 18.1 Å². The number of nitrogens with two attached hydrogens (primary N) is 1. The first kappa shape index (κ1) is 28.3. The summed E-state index contributed by atoms with van der Waals surface area (Å²) >= 11 is 0. The molecule has 36 heavy (non-hydrogen) atoms. The summed E-state index contributed by atoms with van der Waals surface area (Å²) in [5.74, 6) is 1.81. The highest BCUT2D eigenvalue weighted by molar-refractivity contribution is 5.57. The maximum atomic E-state index is 5.53. The Kier molecular flexibility index (Phi) is 11.4. The quantitative estimate of drug-likeness (QED) is 0.358. The zero-order valence-corrected chi connectivity index (χ0v) is 22.3. The van der Waals surface area contributed by atoms with Gasteiger partial charge in [0.15, 0.2) is 5.82 Å². The van der Waals surface area contributed by atoms with Crippen molar-refractivity contribution in [2.75, 3.05) is 24.2 Å². The second kappa shape index (κ2) is 14.4. The number of rotatable bonds is 7. The van der Waals surface area contributed by atoms with Crippen molar-refractivity contribution in [2.45, 2.75) is 60.3 Å². The van der Waals surface area contributed by atoms with Crippen molar-refractivity contribution in [1.82, 2.24) is 35.1 Å². The summed E-state index contributed by atoms with van der Waals surface area (Å²) < 4.78 is 5.42. The predicted octanol–water partition coefficient (Wildman–Crippen LogP) is 5.40. The SMILES string of the molecule is CC.CCC.CCCN(C)c1cnc(-c2nc(C(C)c3ccc(-c4cnc(N)nc4)nc3)no2)cn1. The largest absolute Gasteiger partial charge is 0.368 e. The minimum atomic E-state index is -0.107. The second-order valence-corrected chi connectivity index (χ2v) is 7.87. The van der Waals surface area contributed by atoms with E-state index in [0.29, 0.717) is 17.4 Å². The summed E-state index contributed by atoms with van der Waals surface area (Å²) in [5, 5.41) is 4.12. The first-order valence-corrected chi connectivity index (χ1v) is 12.4. The molecule has 192 valence electrons. The number of pyridine rings is 1. The number of anilines is 2. The lowest BCUT2D eigenvalue weighted by Crippen LogP contribution is -2.19. The third-order valence-corrected chi connectivity index (χ3v) is 4.89. The number of aromatic nitrogens is 7. The Morgan fingerprint density at radius 1 is 0.889 bits per heavy atom. The molecule has 0 saturated heterocycles. The van der Waals surface area contributed by atoms with Crippen LogP contribution in [0.25, 0.3) is 22.8 Å². The molecule has 10 nitrogen and oxygen atoms in total. The van der Waals surface area contributed by atoms with E-state index in [4.69, 9.17) is 10.3 Å². The van der Waals surface area contributed by atoms with Gasteiger partial charge < -0.3 is 15.2 Å². The second-order valence-electron chi connectivity index (χ2n) is 7.87. The Morgan fingerprint density at radius 2 is 1.56 bits per heavy atom. The van der Waals surface area contributed by atoms with E-state index >= 15 is 0 Å². The van der Waals surface area contributed by atoms with E-state index in [1.807, 2.05) is 44.9 Å². The summed E-state index contributed by atoms with van der Waals surface area (Å²) in [6.07, 6.45) is 10.7. The highest BCUT2D eigenvalue weighted by atomic mass is 16.5. The standard InChI is InChI=1S/C21H23N9O.C3H8.C2H6/c1-4-7-30(3)18-12-24-17(11-25-18)20-28-19(29-31-20)13(2)14-5-6-16(23-8-14)15-9-26-21(22)27-10-15;1-3-2;1-2/h5-6,8-13H,4,7H2,1-3H3,(H2,22,26,27);3H2,1-2H3;1-2H3. The Morgan fingerprint density at radius 3 is 2.11 bits per heavy atom. The molecule has 0 aliphatic carbocycles. The van der Waals surface area contributed by atoms with Gasteiger partial charge in [-0.1, -0.05) is 59.2 Å². The van der Waals surface area contributed by atoms with Gasteiger partial charge in [0, 0.05) is 43.7 Å². The lowest BCUT2D eigenvalue weighted by atomic mass is 10.0. The van der Waals surface area contributed by atoms with Crippen LogP contribution in [0.15, 0.2) is 47.6 Å². The molecule has 0 aliphatic rings. The molecule has 2 N–H and O–H groups in total. The topological polar surface area (TPSA) is 133 Å². The molecule has 4 heterocycles. The summed E-state index contributed by atoms with van der Waals surface area (Å²) in [6, 6.07) is 3.87. The third kappa shape index (κ3) is 7.53. The van der Waals surface area contributed by atoms with Crippen molar-refractivity contribution >= 4 is 11.8 Å².